The highest BCUT2D eigenvalue weighted by Gasteiger charge is 2.08. The summed E-state index contributed by atoms with van der Waals surface area (Å²) in [6.45, 7) is 0.772. The Balaban J connectivity index is 2.33. The molecule has 7 heteroatoms. The van der Waals surface area contributed by atoms with Crippen LogP contribution < -0.4 is 11.3 Å². The molecule has 4 nitrogen and oxygen atoms in total. The van der Waals surface area contributed by atoms with Crippen LogP contribution in [0.25, 0.3) is 0 Å². The smallest absolute Gasteiger partial charge is 0.244 e. The Labute approximate surface area is 108 Å². The van der Waals surface area contributed by atoms with Gasteiger partial charge in [0, 0.05) is 11.9 Å². The quantitative estimate of drug-likeness (QED) is 0.374. The van der Waals surface area contributed by atoms with E-state index in [1.807, 2.05) is 23.4 Å². The summed E-state index contributed by atoms with van der Waals surface area (Å²) in [6, 6.07) is 4.06. The third-order valence-corrected chi connectivity index (χ3v) is 4.26. The SMILES string of the molecule is CN(Cc1cccs1)C(=S)SCC(=O)NN. The van der Waals surface area contributed by atoms with Gasteiger partial charge in [0.15, 0.2) is 0 Å². The monoisotopic (exact) mass is 275 g/mol. The molecule has 0 saturated carbocycles. The van der Waals surface area contributed by atoms with E-state index < -0.39 is 0 Å². The van der Waals surface area contributed by atoms with E-state index in [2.05, 4.69) is 11.5 Å². The molecule has 0 aliphatic rings. The summed E-state index contributed by atoms with van der Waals surface area (Å²) in [6.07, 6.45) is 0. The molecule has 1 amide bonds. The molecule has 1 heterocycles. The topological polar surface area (TPSA) is 58.4 Å². The molecule has 0 spiro atoms. The van der Waals surface area contributed by atoms with Crippen LogP contribution in [0.5, 0.6) is 0 Å². The van der Waals surface area contributed by atoms with Crippen molar-refractivity contribution in [1.82, 2.24) is 10.3 Å². The molecule has 3 N–H and O–H groups in total. The number of hydrazine groups is 1. The maximum absolute atomic E-state index is 10.9. The average molecular weight is 275 g/mol. The summed E-state index contributed by atoms with van der Waals surface area (Å²) in [5.41, 5.74) is 2.07. The fraction of sp³-hybridized carbons (Fsp3) is 0.333. The fourth-order valence-corrected chi connectivity index (χ4v) is 2.60. The van der Waals surface area contributed by atoms with Gasteiger partial charge >= 0.3 is 0 Å². The number of thioether (sulfide) groups is 1. The fourth-order valence-electron chi connectivity index (χ4n) is 0.980. The second-order valence-corrected chi connectivity index (χ2v) is 5.70. The van der Waals surface area contributed by atoms with Crippen LogP contribution in [0.2, 0.25) is 0 Å². The normalized spacial score (nSPS) is 9.88. The second kappa shape index (κ2) is 6.85. The van der Waals surface area contributed by atoms with Crippen LogP contribution in [0.1, 0.15) is 4.88 Å². The second-order valence-electron chi connectivity index (χ2n) is 3.06. The van der Waals surface area contributed by atoms with Gasteiger partial charge in [-0.15, -0.1) is 11.3 Å². The van der Waals surface area contributed by atoms with Crippen molar-refractivity contribution in [2.45, 2.75) is 6.54 Å². The first-order valence-electron chi connectivity index (χ1n) is 4.53. The highest BCUT2D eigenvalue weighted by atomic mass is 32.2. The maximum atomic E-state index is 10.9. The van der Waals surface area contributed by atoms with Crippen molar-refractivity contribution in [3.8, 4) is 0 Å². The summed E-state index contributed by atoms with van der Waals surface area (Å²) in [7, 11) is 1.91. The Morgan fingerprint density at radius 3 is 3.06 bits per heavy atom. The molecule has 1 aromatic rings. The molecule has 0 aliphatic heterocycles. The van der Waals surface area contributed by atoms with Crippen molar-refractivity contribution in [2.24, 2.45) is 5.84 Å². The van der Waals surface area contributed by atoms with E-state index in [9.17, 15) is 4.79 Å². The largest absolute Gasteiger partial charge is 0.355 e. The highest BCUT2D eigenvalue weighted by Crippen LogP contribution is 2.14. The zero-order valence-electron chi connectivity index (χ0n) is 8.80. The molecule has 0 fully saturated rings. The molecular weight excluding hydrogens is 262 g/mol. The summed E-state index contributed by atoms with van der Waals surface area (Å²) < 4.78 is 0.692. The lowest BCUT2D eigenvalue weighted by Gasteiger charge is -2.18. The van der Waals surface area contributed by atoms with Gasteiger partial charge in [0.25, 0.3) is 0 Å². The Bertz CT molecular complexity index is 353. The van der Waals surface area contributed by atoms with Crippen LogP contribution in [0.3, 0.4) is 0 Å². The van der Waals surface area contributed by atoms with Crippen LogP contribution >= 0.6 is 35.3 Å². The van der Waals surface area contributed by atoms with Gasteiger partial charge in [0.05, 0.1) is 12.3 Å². The Morgan fingerprint density at radius 2 is 2.50 bits per heavy atom. The van der Waals surface area contributed by atoms with E-state index >= 15 is 0 Å². The van der Waals surface area contributed by atoms with E-state index in [0.29, 0.717) is 4.32 Å². The number of carbonyl (C=O) groups excluding carboxylic acids is 1. The molecule has 0 saturated heterocycles. The van der Waals surface area contributed by atoms with E-state index in [4.69, 9.17) is 18.1 Å². The molecule has 1 rings (SSSR count). The van der Waals surface area contributed by atoms with E-state index in [-0.39, 0.29) is 11.7 Å². The van der Waals surface area contributed by atoms with Crippen LogP contribution in [-0.2, 0) is 11.3 Å². The number of nitrogens with one attached hydrogen (secondary N) is 1. The third kappa shape index (κ3) is 4.48. The molecule has 0 aromatic carbocycles. The highest BCUT2D eigenvalue weighted by molar-refractivity contribution is 8.23. The minimum absolute atomic E-state index is 0.225. The molecular formula is C9H13N3OS3. The van der Waals surface area contributed by atoms with Crippen molar-refractivity contribution < 1.29 is 4.79 Å². The number of rotatable bonds is 4. The first-order valence-corrected chi connectivity index (χ1v) is 6.80. The van der Waals surface area contributed by atoms with Crippen molar-refractivity contribution in [2.75, 3.05) is 12.8 Å². The number of nitrogens with two attached hydrogens (primary N) is 1. The van der Waals surface area contributed by atoms with Gasteiger partial charge in [-0.25, -0.2) is 5.84 Å². The molecule has 16 heavy (non-hydrogen) atoms. The number of hydrogen-bond donors (Lipinski definition) is 2. The van der Waals surface area contributed by atoms with Gasteiger partial charge in [-0.3, -0.25) is 10.2 Å². The van der Waals surface area contributed by atoms with Crippen molar-refractivity contribution in [1.29, 1.82) is 0 Å². The summed E-state index contributed by atoms with van der Waals surface area (Å²) in [4.78, 5) is 14.1. The predicted octanol–water partition coefficient (Wildman–Crippen LogP) is 1.19. The zero-order chi connectivity index (χ0) is 12.0. The van der Waals surface area contributed by atoms with Crippen molar-refractivity contribution in [3.63, 3.8) is 0 Å². The average Bonchev–Trinajstić information content (AvgIpc) is 2.77. The predicted molar refractivity (Wildman–Crippen MR) is 73.2 cm³/mol. The third-order valence-electron chi connectivity index (χ3n) is 1.77. The lowest BCUT2D eigenvalue weighted by Crippen LogP contribution is -2.32. The summed E-state index contributed by atoms with van der Waals surface area (Å²) >= 11 is 8.19. The Kier molecular flexibility index (Phi) is 5.75. The summed E-state index contributed by atoms with van der Waals surface area (Å²) in [5.74, 6) is 5.00. The Morgan fingerprint density at radius 1 is 1.75 bits per heavy atom. The maximum Gasteiger partial charge on any atom is 0.244 e. The number of nitrogens with zero attached hydrogens (tertiary/aromatic N) is 1. The molecule has 0 bridgehead atoms. The van der Waals surface area contributed by atoms with Gasteiger partial charge in [0.1, 0.15) is 4.32 Å². The lowest BCUT2D eigenvalue weighted by molar-refractivity contribution is -0.118. The van der Waals surface area contributed by atoms with Gasteiger partial charge in [-0.05, 0) is 11.4 Å². The van der Waals surface area contributed by atoms with Crippen LogP contribution in [0.15, 0.2) is 17.5 Å². The van der Waals surface area contributed by atoms with Crippen LogP contribution in [0, 0.1) is 0 Å². The molecule has 0 radical (unpaired) electrons. The first-order chi connectivity index (χ1) is 7.63. The molecule has 88 valence electrons. The van der Waals surface area contributed by atoms with E-state index in [1.54, 1.807) is 11.3 Å². The van der Waals surface area contributed by atoms with Gasteiger partial charge < -0.3 is 4.90 Å². The number of amides is 1. The zero-order valence-corrected chi connectivity index (χ0v) is 11.3. The number of hydrogen-bond acceptors (Lipinski definition) is 5. The van der Waals surface area contributed by atoms with Gasteiger partial charge in [-0.2, -0.15) is 0 Å². The van der Waals surface area contributed by atoms with Crippen molar-refractivity contribution >= 4 is 45.5 Å². The minimum Gasteiger partial charge on any atom is -0.355 e. The van der Waals surface area contributed by atoms with E-state index in [1.165, 1.54) is 16.6 Å². The Hall–Kier alpha value is -0.630. The molecule has 0 unspecified atom stereocenters. The van der Waals surface area contributed by atoms with Gasteiger partial charge in [-0.1, -0.05) is 30.0 Å². The number of thiophene rings is 1. The van der Waals surface area contributed by atoms with Crippen LogP contribution in [-0.4, -0.2) is 27.9 Å². The minimum atomic E-state index is -0.225. The molecule has 1 aromatic heterocycles. The molecule has 0 aliphatic carbocycles. The number of carbonyl (C=O) groups is 1. The lowest BCUT2D eigenvalue weighted by atomic mass is 10.4. The standard InChI is InChI=1S/C9H13N3OS3/c1-12(5-7-3-2-4-15-7)9(14)16-6-8(13)11-10/h2-4H,5-6,10H2,1H3,(H,11,13). The van der Waals surface area contributed by atoms with Crippen molar-refractivity contribution in [3.05, 3.63) is 22.4 Å². The number of thiocarbonyl (C=S) groups is 1. The first kappa shape index (κ1) is 13.4. The summed E-state index contributed by atoms with van der Waals surface area (Å²) in [5, 5.41) is 2.03. The van der Waals surface area contributed by atoms with Crippen LogP contribution in [0.4, 0.5) is 0 Å². The molecule has 0 atom stereocenters. The van der Waals surface area contributed by atoms with Gasteiger partial charge in [0.2, 0.25) is 5.91 Å². The van der Waals surface area contributed by atoms with E-state index in [0.717, 1.165) is 6.54 Å².